The lowest BCUT2D eigenvalue weighted by Gasteiger charge is -2.38. The number of nitrogens with zero attached hydrogens (tertiary/aromatic N) is 1. The van der Waals surface area contributed by atoms with Crippen molar-refractivity contribution in [2.45, 2.75) is 33.1 Å². The Morgan fingerprint density at radius 1 is 1.47 bits per heavy atom. The number of hydrogen-bond acceptors (Lipinski definition) is 3. The van der Waals surface area contributed by atoms with E-state index in [1.54, 1.807) is 0 Å². The summed E-state index contributed by atoms with van der Waals surface area (Å²) in [6.45, 7) is 6.87. The van der Waals surface area contributed by atoms with Gasteiger partial charge >= 0.3 is 0 Å². The molecule has 100 valence electrons. The largest absolute Gasteiger partial charge is 0.381 e. The Morgan fingerprint density at radius 2 is 2.06 bits per heavy atom. The van der Waals surface area contributed by atoms with Gasteiger partial charge in [-0.25, -0.2) is 0 Å². The third-order valence-corrected chi connectivity index (χ3v) is 3.92. The van der Waals surface area contributed by atoms with Crippen molar-refractivity contribution in [2.75, 3.05) is 33.4 Å². The Hall–Kier alpha value is -0.610. The van der Waals surface area contributed by atoms with Gasteiger partial charge in [-0.3, -0.25) is 4.79 Å². The van der Waals surface area contributed by atoms with Crippen molar-refractivity contribution in [1.29, 1.82) is 0 Å². The second kappa shape index (κ2) is 6.36. The van der Waals surface area contributed by atoms with Crippen LogP contribution >= 0.6 is 0 Å². The molecular weight excluding hydrogens is 216 g/mol. The van der Waals surface area contributed by atoms with E-state index in [2.05, 4.69) is 13.8 Å². The van der Waals surface area contributed by atoms with E-state index in [0.29, 0.717) is 25.7 Å². The number of amides is 1. The molecule has 1 aliphatic rings. The molecule has 0 bridgehead atoms. The van der Waals surface area contributed by atoms with E-state index < -0.39 is 0 Å². The molecule has 1 saturated heterocycles. The summed E-state index contributed by atoms with van der Waals surface area (Å²) >= 11 is 0. The van der Waals surface area contributed by atoms with Crippen LogP contribution in [0.25, 0.3) is 0 Å². The minimum Gasteiger partial charge on any atom is -0.381 e. The molecule has 0 radical (unpaired) electrons. The van der Waals surface area contributed by atoms with Crippen LogP contribution in [0.2, 0.25) is 0 Å². The Bertz CT molecular complexity index is 250. The van der Waals surface area contributed by atoms with Crippen LogP contribution in [0.3, 0.4) is 0 Å². The molecule has 2 N–H and O–H groups in total. The third-order valence-electron chi connectivity index (χ3n) is 3.92. The van der Waals surface area contributed by atoms with Gasteiger partial charge in [0.25, 0.3) is 0 Å². The SMILES string of the molecule is CCC(C)CN(C)C(=O)C1(CN)CCOCC1. The molecule has 1 heterocycles. The standard InChI is InChI=1S/C13H26N2O2/c1-4-11(2)9-15(3)12(16)13(10-14)5-7-17-8-6-13/h11H,4-10,14H2,1-3H3. The third kappa shape index (κ3) is 3.42. The number of ether oxygens (including phenoxy) is 1. The first kappa shape index (κ1) is 14.5. The second-order valence-corrected chi connectivity index (χ2v) is 5.30. The number of carbonyl (C=O) groups is 1. The highest BCUT2D eigenvalue weighted by Crippen LogP contribution is 2.31. The monoisotopic (exact) mass is 242 g/mol. The van der Waals surface area contributed by atoms with Crippen LogP contribution in [0.1, 0.15) is 33.1 Å². The lowest BCUT2D eigenvalue weighted by molar-refractivity contribution is -0.146. The molecule has 1 atom stereocenters. The van der Waals surface area contributed by atoms with Gasteiger partial charge in [0.15, 0.2) is 0 Å². The maximum absolute atomic E-state index is 12.5. The fraction of sp³-hybridized carbons (Fsp3) is 0.923. The van der Waals surface area contributed by atoms with Crippen LogP contribution in [0.4, 0.5) is 0 Å². The minimum atomic E-state index is -0.375. The van der Waals surface area contributed by atoms with Crippen LogP contribution in [-0.2, 0) is 9.53 Å². The molecule has 0 aromatic carbocycles. The first-order valence-corrected chi connectivity index (χ1v) is 6.59. The first-order chi connectivity index (χ1) is 8.05. The zero-order valence-electron chi connectivity index (χ0n) is 11.4. The average Bonchev–Trinajstić information content (AvgIpc) is 2.38. The van der Waals surface area contributed by atoms with Gasteiger partial charge in [0.2, 0.25) is 5.91 Å². The van der Waals surface area contributed by atoms with Gasteiger partial charge in [0.05, 0.1) is 5.41 Å². The van der Waals surface area contributed by atoms with Crippen molar-refractivity contribution in [2.24, 2.45) is 17.1 Å². The topological polar surface area (TPSA) is 55.6 Å². The summed E-state index contributed by atoms with van der Waals surface area (Å²) in [7, 11) is 1.89. The summed E-state index contributed by atoms with van der Waals surface area (Å²) in [6, 6.07) is 0. The van der Waals surface area contributed by atoms with Crippen molar-refractivity contribution in [3.05, 3.63) is 0 Å². The zero-order chi connectivity index (χ0) is 12.9. The minimum absolute atomic E-state index is 0.198. The zero-order valence-corrected chi connectivity index (χ0v) is 11.4. The van der Waals surface area contributed by atoms with Gasteiger partial charge in [0.1, 0.15) is 0 Å². The predicted octanol–water partition coefficient (Wildman–Crippen LogP) is 1.25. The maximum atomic E-state index is 12.5. The maximum Gasteiger partial charge on any atom is 0.229 e. The van der Waals surface area contributed by atoms with Crippen LogP contribution in [0.15, 0.2) is 0 Å². The quantitative estimate of drug-likeness (QED) is 0.789. The molecule has 0 aromatic heterocycles. The van der Waals surface area contributed by atoms with Crippen LogP contribution in [-0.4, -0.2) is 44.2 Å². The Balaban J connectivity index is 2.64. The molecule has 1 fully saturated rings. The molecule has 0 saturated carbocycles. The van der Waals surface area contributed by atoms with Gasteiger partial charge < -0.3 is 15.4 Å². The van der Waals surface area contributed by atoms with Crippen LogP contribution in [0.5, 0.6) is 0 Å². The van der Waals surface area contributed by atoms with E-state index >= 15 is 0 Å². The Kier molecular flexibility index (Phi) is 5.40. The van der Waals surface area contributed by atoms with Gasteiger partial charge in [0, 0.05) is 33.4 Å². The van der Waals surface area contributed by atoms with Crippen molar-refractivity contribution < 1.29 is 9.53 Å². The van der Waals surface area contributed by atoms with Gasteiger partial charge in [-0.15, -0.1) is 0 Å². The fourth-order valence-corrected chi connectivity index (χ4v) is 2.35. The number of nitrogens with two attached hydrogens (primary N) is 1. The molecule has 0 aromatic rings. The van der Waals surface area contributed by atoms with Crippen molar-refractivity contribution in [3.8, 4) is 0 Å². The highest BCUT2D eigenvalue weighted by Gasteiger charge is 2.40. The van der Waals surface area contributed by atoms with Crippen molar-refractivity contribution >= 4 is 5.91 Å². The van der Waals surface area contributed by atoms with Gasteiger partial charge in [-0.05, 0) is 18.8 Å². The molecule has 0 spiro atoms. The summed E-state index contributed by atoms with van der Waals surface area (Å²) in [5.41, 5.74) is 5.46. The lowest BCUT2D eigenvalue weighted by Crippen LogP contribution is -2.50. The molecular formula is C13H26N2O2. The summed E-state index contributed by atoms with van der Waals surface area (Å²) in [5, 5.41) is 0. The summed E-state index contributed by atoms with van der Waals surface area (Å²) in [4.78, 5) is 14.3. The fourth-order valence-electron chi connectivity index (χ4n) is 2.35. The smallest absolute Gasteiger partial charge is 0.229 e. The molecule has 4 heteroatoms. The normalized spacial score (nSPS) is 20.9. The summed E-state index contributed by atoms with van der Waals surface area (Å²) < 4.78 is 5.33. The molecule has 0 aliphatic carbocycles. The van der Waals surface area contributed by atoms with E-state index in [0.717, 1.165) is 25.8 Å². The van der Waals surface area contributed by atoms with E-state index in [-0.39, 0.29) is 11.3 Å². The highest BCUT2D eigenvalue weighted by atomic mass is 16.5. The summed E-state index contributed by atoms with van der Waals surface area (Å²) in [5.74, 6) is 0.738. The van der Waals surface area contributed by atoms with Crippen molar-refractivity contribution in [3.63, 3.8) is 0 Å². The predicted molar refractivity (Wildman–Crippen MR) is 68.6 cm³/mol. The Morgan fingerprint density at radius 3 is 2.53 bits per heavy atom. The highest BCUT2D eigenvalue weighted by molar-refractivity contribution is 5.83. The van der Waals surface area contributed by atoms with Crippen molar-refractivity contribution in [1.82, 2.24) is 4.90 Å². The van der Waals surface area contributed by atoms with Gasteiger partial charge in [-0.1, -0.05) is 20.3 Å². The van der Waals surface area contributed by atoms with Gasteiger partial charge in [-0.2, -0.15) is 0 Å². The van der Waals surface area contributed by atoms with E-state index in [1.807, 2.05) is 11.9 Å². The second-order valence-electron chi connectivity index (χ2n) is 5.30. The van der Waals surface area contributed by atoms with E-state index in [4.69, 9.17) is 10.5 Å². The average molecular weight is 242 g/mol. The van der Waals surface area contributed by atoms with E-state index in [9.17, 15) is 4.79 Å². The molecule has 1 amide bonds. The number of carbonyl (C=O) groups excluding carboxylic acids is 1. The van der Waals surface area contributed by atoms with E-state index in [1.165, 1.54) is 0 Å². The molecule has 4 nitrogen and oxygen atoms in total. The molecule has 17 heavy (non-hydrogen) atoms. The number of rotatable bonds is 5. The molecule has 1 unspecified atom stereocenters. The Labute approximate surface area is 104 Å². The number of hydrogen-bond donors (Lipinski definition) is 1. The summed E-state index contributed by atoms with van der Waals surface area (Å²) in [6.07, 6.45) is 2.61. The molecule has 1 rings (SSSR count). The first-order valence-electron chi connectivity index (χ1n) is 6.59. The van der Waals surface area contributed by atoms with Crippen LogP contribution in [0, 0.1) is 11.3 Å². The lowest BCUT2D eigenvalue weighted by atomic mass is 9.79. The van der Waals surface area contributed by atoms with Crippen LogP contribution < -0.4 is 5.73 Å². The molecule has 1 aliphatic heterocycles.